The van der Waals surface area contributed by atoms with Crippen molar-refractivity contribution in [3.63, 3.8) is 0 Å². The minimum Gasteiger partial charge on any atom is -0.481 e. The molecule has 2 fully saturated rings. The van der Waals surface area contributed by atoms with Gasteiger partial charge in [-0.3, -0.25) is 4.79 Å². The van der Waals surface area contributed by atoms with Crippen LogP contribution in [0.2, 0.25) is 0 Å². The molecule has 0 aromatic heterocycles. The van der Waals surface area contributed by atoms with E-state index in [0.717, 1.165) is 45.3 Å². The average molecular weight is 254 g/mol. The van der Waals surface area contributed by atoms with Crippen LogP contribution in [0.25, 0.3) is 0 Å². The average Bonchev–Trinajstić information content (AvgIpc) is 2.27. The fourth-order valence-electron chi connectivity index (χ4n) is 3.20. The van der Waals surface area contributed by atoms with Gasteiger partial charge in [0.05, 0.1) is 5.41 Å². The Balaban J connectivity index is 1.81. The van der Waals surface area contributed by atoms with Crippen LogP contribution >= 0.6 is 0 Å². The molecule has 1 saturated heterocycles. The number of hydrogen-bond donors (Lipinski definition) is 1. The Kier molecular flexibility index (Phi) is 4.28. The number of likely N-dealkylation sites (N-methyl/N-ethyl adjacent to an activating group) is 1. The molecule has 0 amide bonds. The van der Waals surface area contributed by atoms with Crippen LogP contribution in [0.15, 0.2) is 0 Å². The van der Waals surface area contributed by atoms with Gasteiger partial charge in [-0.05, 0) is 59.3 Å². The molecule has 1 saturated carbocycles. The van der Waals surface area contributed by atoms with Crippen LogP contribution in [0, 0.1) is 5.41 Å². The number of hydrogen-bond acceptors (Lipinski definition) is 3. The molecule has 0 aromatic carbocycles. The van der Waals surface area contributed by atoms with Crippen molar-refractivity contribution in [3.05, 3.63) is 0 Å². The number of piperidine rings is 1. The van der Waals surface area contributed by atoms with Gasteiger partial charge in [0.2, 0.25) is 0 Å². The van der Waals surface area contributed by atoms with E-state index in [2.05, 4.69) is 23.9 Å². The molecule has 0 spiro atoms. The Hall–Kier alpha value is -0.610. The number of carbonyl (C=O) groups is 1. The largest absolute Gasteiger partial charge is 0.481 e. The predicted octanol–water partition coefficient (Wildman–Crippen LogP) is 1.66. The van der Waals surface area contributed by atoms with Crippen LogP contribution in [0.3, 0.4) is 0 Å². The SMILES string of the molecule is CN(C)C1CCCN(CCC2(C(=O)O)CCC2)C1. The van der Waals surface area contributed by atoms with E-state index in [1.165, 1.54) is 12.8 Å². The van der Waals surface area contributed by atoms with Crippen molar-refractivity contribution in [1.82, 2.24) is 9.80 Å². The summed E-state index contributed by atoms with van der Waals surface area (Å²) in [5.74, 6) is -0.574. The second-order valence-corrected chi connectivity index (χ2v) is 6.25. The lowest BCUT2D eigenvalue weighted by molar-refractivity contribution is -0.155. The molecule has 4 nitrogen and oxygen atoms in total. The van der Waals surface area contributed by atoms with Crippen molar-refractivity contribution < 1.29 is 9.90 Å². The maximum absolute atomic E-state index is 11.3. The normalized spacial score (nSPS) is 28.1. The summed E-state index contributed by atoms with van der Waals surface area (Å²) in [5.41, 5.74) is -0.384. The van der Waals surface area contributed by atoms with E-state index in [9.17, 15) is 9.90 Å². The molecular weight excluding hydrogens is 228 g/mol. The van der Waals surface area contributed by atoms with Crippen molar-refractivity contribution in [1.29, 1.82) is 0 Å². The molecule has 18 heavy (non-hydrogen) atoms. The monoisotopic (exact) mass is 254 g/mol. The highest BCUT2D eigenvalue weighted by Gasteiger charge is 2.44. The fraction of sp³-hybridized carbons (Fsp3) is 0.929. The first-order valence-corrected chi connectivity index (χ1v) is 7.16. The highest BCUT2D eigenvalue weighted by Crippen LogP contribution is 2.44. The molecule has 0 radical (unpaired) electrons. The highest BCUT2D eigenvalue weighted by atomic mass is 16.4. The second-order valence-electron chi connectivity index (χ2n) is 6.25. The van der Waals surface area contributed by atoms with Gasteiger partial charge in [0.15, 0.2) is 0 Å². The van der Waals surface area contributed by atoms with E-state index in [1.807, 2.05) is 0 Å². The van der Waals surface area contributed by atoms with Gasteiger partial charge in [0, 0.05) is 12.6 Å². The number of rotatable bonds is 5. The molecule has 1 aliphatic heterocycles. The molecule has 1 aliphatic carbocycles. The first-order valence-electron chi connectivity index (χ1n) is 7.16. The lowest BCUT2D eigenvalue weighted by Crippen LogP contribution is -2.47. The summed E-state index contributed by atoms with van der Waals surface area (Å²) >= 11 is 0. The minimum absolute atomic E-state index is 0.384. The van der Waals surface area contributed by atoms with Gasteiger partial charge in [-0.25, -0.2) is 0 Å². The predicted molar refractivity (Wildman–Crippen MR) is 71.7 cm³/mol. The van der Waals surface area contributed by atoms with Gasteiger partial charge < -0.3 is 14.9 Å². The van der Waals surface area contributed by atoms with E-state index < -0.39 is 5.97 Å². The van der Waals surface area contributed by atoms with Gasteiger partial charge in [0.1, 0.15) is 0 Å². The van der Waals surface area contributed by atoms with Crippen molar-refractivity contribution in [2.75, 3.05) is 33.7 Å². The van der Waals surface area contributed by atoms with Crippen molar-refractivity contribution in [3.8, 4) is 0 Å². The molecule has 1 atom stereocenters. The van der Waals surface area contributed by atoms with Crippen LogP contribution in [-0.4, -0.2) is 60.6 Å². The van der Waals surface area contributed by atoms with E-state index in [0.29, 0.717) is 6.04 Å². The second kappa shape index (κ2) is 5.57. The number of carboxylic acid groups (broad SMARTS) is 1. The Morgan fingerprint density at radius 1 is 1.39 bits per heavy atom. The van der Waals surface area contributed by atoms with Gasteiger partial charge >= 0.3 is 5.97 Å². The Labute approximate surface area is 110 Å². The Bertz CT molecular complexity index is 300. The minimum atomic E-state index is -0.574. The van der Waals surface area contributed by atoms with Crippen LogP contribution in [0.1, 0.15) is 38.5 Å². The van der Waals surface area contributed by atoms with Gasteiger partial charge in [-0.1, -0.05) is 6.42 Å². The van der Waals surface area contributed by atoms with E-state index >= 15 is 0 Å². The third kappa shape index (κ3) is 2.86. The van der Waals surface area contributed by atoms with Crippen LogP contribution in [0.4, 0.5) is 0 Å². The summed E-state index contributed by atoms with van der Waals surface area (Å²) in [5, 5.41) is 9.33. The molecule has 0 aromatic rings. The topological polar surface area (TPSA) is 43.8 Å². The zero-order chi connectivity index (χ0) is 13.2. The molecule has 1 heterocycles. The standard InChI is InChI=1S/C14H26N2O2/c1-15(2)12-5-3-9-16(11-12)10-8-14(13(17)18)6-4-7-14/h12H,3-11H2,1-2H3,(H,17,18). The van der Waals surface area contributed by atoms with Crippen LogP contribution in [0.5, 0.6) is 0 Å². The summed E-state index contributed by atoms with van der Waals surface area (Å²) in [4.78, 5) is 16.1. The molecule has 0 bridgehead atoms. The van der Waals surface area contributed by atoms with Crippen LogP contribution < -0.4 is 0 Å². The summed E-state index contributed by atoms with van der Waals surface area (Å²) in [6, 6.07) is 0.640. The first kappa shape index (κ1) is 13.8. The molecule has 104 valence electrons. The molecular formula is C14H26N2O2. The fourth-order valence-corrected chi connectivity index (χ4v) is 3.20. The summed E-state index contributed by atoms with van der Waals surface area (Å²) in [7, 11) is 4.28. The quantitative estimate of drug-likeness (QED) is 0.810. The third-order valence-electron chi connectivity index (χ3n) is 4.88. The van der Waals surface area contributed by atoms with E-state index in [1.54, 1.807) is 0 Å². The number of nitrogens with zero attached hydrogens (tertiary/aromatic N) is 2. The summed E-state index contributed by atoms with van der Waals surface area (Å²) in [6.45, 7) is 3.19. The number of carboxylic acids is 1. The maximum atomic E-state index is 11.3. The zero-order valence-electron chi connectivity index (χ0n) is 11.7. The van der Waals surface area contributed by atoms with E-state index in [-0.39, 0.29) is 5.41 Å². The van der Waals surface area contributed by atoms with Crippen LogP contribution in [-0.2, 0) is 4.79 Å². The van der Waals surface area contributed by atoms with Gasteiger partial charge in [0.25, 0.3) is 0 Å². The van der Waals surface area contributed by atoms with Gasteiger partial charge in [-0.2, -0.15) is 0 Å². The van der Waals surface area contributed by atoms with Crippen molar-refractivity contribution in [2.24, 2.45) is 5.41 Å². The van der Waals surface area contributed by atoms with Crippen molar-refractivity contribution >= 4 is 5.97 Å². The Morgan fingerprint density at radius 2 is 2.11 bits per heavy atom. The smallest absolute Gasteiger partial charge is 0.309 e. The Morgan fingerprint density at radius 3 is 2.61 bits per heavy atom. The lowest BCUT2D eigenvalue weighted by atomic mass is 9.66. The third-order valence-corrected chi connectivity index (χ3v) is 4.88. The molecule has 2 aliphatic rings. The number of likely N-dealkylation sites (tertiary alicyclic amines) is 1. The molecule has 1 unspecified atom stereocenters. The number of aliphatic carboxylic acids is 1. The maximum Gasteiger partial charge on any atom is 0.309 e. The molecule has 2 rings (SSSR count). The van der Waals surface area contributed by atoms with Crippen molar-refractivity contribution in [2.45, 2.75) is 44.6 Å². The first-order chi connectivity index (χ1) is 8.53. The zero-order valence-corrected chi connectivity index (χ0v) is 11.7. The van der Waals surface area contributed by atoms with Gasteiger partial charge in [-0.15, -0.1) is 0 Å². The summed E-state index contributed by atoms with van der Waals surface area (Å²) < 4.78 is 0. The summed E-state index contributed by atoms with van der Waals surface area (Å²) in [6.07, 6.45) is 6.20. The highest BCUT2D eigenvalue weighted by molar-refractivity contribution is 5.75. The molecule has 4 heteroatoms. The van der Waals surface area contributed by atoms with E-state index in [4.69, 9.17) is 0 Å². The molecule has 1 N–H and O–H groups in total. The lowest BCUT2D eigenvalue weighted by Gasteiger charge is -2.41.